The summed E-state index contributed by atoms with van der Waals surface area (Å²) in [6, 6.07) is 1.93. The van der Waals surface area contributed by atoms with Crippen molar-refractivity contribution in [3.8, 4) is 6.07 Å². The van der Waals surface area contributed by atoms with Crippen molar-refractivity contribution in [2.24, 2.45) is 0 Å². The van der Waals surface area contributed by atoms with Gasteiger partial charge in [0.1, 0.15) is 0 Å². The second kappa shape index (κ2) is 4.45. The highest BCUT2D eigenvalue weighted by atomic mass is 14.8. The number of rotatable bonds is 2. The van der Waals surface area contributed by atoms with Crippen LogP contribution in [0.15, 0.2) is 0 Å². The van der Waals surface area contributed by atoms with Crippen LogP contribution in [0.1, 0.15) is 6.92 Å². The zero-order valence-electron chi connectivity index (χ0n) is 3.73. The smallest absolute Gasteiger partial charge is 0.0843 e. The molecule has 2 heteroatoms. The van der Waals surface area contributed by atoms with E-state index in [2.05, 4.69) is 5.32 Å². The van der Waals surface area contributed by atoms with Crippen LogP contribution in [0.4, 0.5) is 0 Å². The molecule has 0 aliphatic heterocycles. The third-order valence-corrected chi connectivity index (χ3v) is 0.385. The molecule has 0 unspecified atom stereocenters. The molecule has 2 nitrogen and oxygen atoms in total. The lowest BCUT2D eigenvalue weighted by molar-refractivity contribution is 0.905. The third-order valence-electron chi connectivity index (χ3n) is 0.385. The van der Waals surface area contributed by atoms with Gasteiger partial charge in [-0.05, 0) is 6.92 Å². The highest BCUT2D eigenvalue weighted by Crippen LogP contribution is 1.56. The molecule has 0 fully saturated rings. The predicted molar refractivity (Wildman–Crippen MR) is 23.6 cm³/mol. The standard InChI is InChI=1S/C4H7N2/c1-2-6-4-3-5/h2,6H,4H2,1H3. The number of nitrogens with one attached hydrogen (secondary N) is 1. The second-order valence-electron chi connectivity index (χ2n) is 0.828. The molecule has 0 aliphatic rings. The van der Waals surface area contributed by atoms with E-state index < -0.39 is 0 Å². The zero-order chi connectivity index (χ0) is 4.83. The van der Waals surface area contributed by atoms with Crippen LogP contribution < -0.4 is 5.32 Å². The Morgan fingerprint density at radius 2 is 2.67 bits per heavy atom. The molecule has 33 valence electrons. The van der Waals surface area contributed by atoms with E-state index >= 15 is 0 Å². The fourth-order valence-corrected chi connectivity index (χ4v) is 0.148. The molecule has 1 radical (unpaired) electrons. The van der Waals surface area contributed by atoms with Crippen LogP contribution in [0.25, 0.3) is 0 Å². The first kappa shape index (κ1) is 5.45. The van der Waals surface area contributed by atoms with Gasteiger partial charge in [0.15, 0.2) is 0 Å². The summed E-state index contributed by atoms with van der Waals surface area (Å²) in [6.45, 7) is 4.00. The van der Waals surface area contributed by atoms with Gasteiger partial charge in [0, 0.05) is 6.54 Å². The van der Waals surface area contributed by atoms with Gasteiger partial charge in [-0.15, -0.1) is 0 Å². The lowest BCUT2D eigenvalue weighted by atomic mass is 10.7. The van der Waals surface area contributed by atoms with Crippen LogP contribution in [0, 0.1) is 17.9 Å². The van der Waals surface area contributed by atoms with Crippen LogP contribution in [0.2, 0.25) is 0 Å². The van der Waals surface area contributed by atoms with Crippen molar-refractivity contribution in [1.82, 2.24) is 5.32 Å². The largest absolute Gasteiger partial charge is 0.300 e. The van der Waals surface area contributed by atoms with E-state index in [9.17, 15) is 0 Å². The molecule has 6 heavy (non-hydrogen) atoms. The Bertz CT molecular complexity index is 53.1. The van der Waals surface area contributed by atoms with Crippen LogP contribution in [0.3, 0.4) is 0 Å². The van der Waals surface area contributed by atoms with Crippen LogP contribution in [-0.2, 0) is 0 Å². The summed E-state index contributed by atoms with van der Waals surface area (Å²) in [7, 11) is 0. The lowest BCUT2D eigenvalue weighted by Crippen LogP contribution is -2.06. The molecule has 0 saturated carbocycles. The normalized spacial score (nSPS) is 7.33. The number of nitriles is 1. The van der Waals surface area contributed by atoms with Gasteiger partial charge in [0.05, 0.1) is 12.6 Å². The van der Waals surface area contributed by atoms with Crippen molar-refractivity contribution in [3.05, 3.63) is 6.54 Å². The first-order valence-corrected chi connectivity index (χ1v) is 1.80. The van der Waals surface area contributed by atoms with Gasteiger partial charge >= 0.3 is 0 Å². The monoisotopic (exact) mass is 83.1 g/mol. The lowest BCUT2D eigenvalue weighted by Gasteiger charge is -1.83. The number of hydrogen-bond acceptors (Lipinski definition) is 2. The Labute approximate surface area is 37.8 Å². The summed E-state index contributed by atoms with van der Waals surface area (Å²) in [5.41, 5.74) is 0. The Morgan fingerprint density at radius 1 is 2.00 bits per heavy atom. The fourth-order valence-electron chi connectivity index (χ4n) is 0.148. The minimum Gasteiger partial charge on any atom is -0.300 e. The summed E-state index contributed by atoms with van der Waals surface area (Å²) in [5.74, 6) is 0. The Hall–Kier alpha value is -0.550. The SMILES string of the molecule is C[CH]NCC#N. The van der Waals surface area contributed by atoms with Gasteiger partial charge in [-0.1, -0.05) is 0 Å². The van der Waals surface area contributed by atoms with Crippen molar-refractivity contribution in [2.45, 2.75) is 6.92 Å². The quantitative estimate of drug-likeness (QED) is 0.384. The first-order chi connectivity index (χ1) is 2.91. The second-order valence-corrected chi connectivity index (χ2v) is 0.828. The molecule has 0 aromatic carbocycles. The molecule has 1 N–H and O–H groups in total. The van der Waals surface area contributed by atoms with Crippen molar-refractivity contribution >= 4 is 0 Å². The van der Waals surface area contributed by atoms with Gasteiger partial charge < -0.3 is 5.32 Å². The van der Waals surface area contributed by atoms with Gasteiger partial charge in [0.25, 0.3) is 0 Å². The van der Waals surface area contributed by atoms with Gasteiger partial charge in [0.2, 0.25) is 0 Å². The average molecular weight is 83.1 g/mol. The maximum Gasteiger partial charge on any atom is 0.0843 e. The Balaban J connectivity index is 2.54. The third kappa shape index (κ3) is 3.45. The molecule has 0 aromatic rings. The molecule has 0 bridgehead atoms. The molecular weight excluding hydrogens is 76.1 g/mol. The summed E-state index contributed by atoms with van der Waals surface area (Å²) < 4.78 is 0. The van der Waals surface area contributed by atoms with E-state index in [0.29, 0.717) is 6.54 Å². The number of nitrogens with zero attached hydrogens (tertiary/aromatic N) is 1. The van der Waals surface area contributed by atoms with E-state index in [1.54, 1.807) is 6.54 Å². The summed E-state index contributed by atoms with van der Waals surface area (Å²) in [6.07, 6.45) is 0. The number of hydrogen-bond donors (Lipinski definition) is 1. The predicted octanol–water partition coefficient (Wildman–Crippen LogP) is 0.281. The highest BCUT2D eigenvalue weighted by molar-refractivity contribution is 4.74. The molecule has 0 heterocycles. The van der Waals surface area contributed by atoms with Gasteiger partial charge in [-0.2, -0.15) is 5.26 Å². The summed E-state index contributed by atoms with van der Waals surface area (Å²) in [5, 5.41) is 10.6. The van der Waals surface area contributed by atoms with Crippen LogP contribution in [0.5, 0.6) is 0 Å². The molecular formula is C4H7N2. The summed E-state index contributed by atoms with van der Waals surface area (Å²) in [4.78, 5) is 0. The molecule has 0 amide bonds. The van der Waals surface area contributed by atoms with Crippen molar-refractivity contribution in [1.29, 1.82) is 5.26 Å². The fraction of sp³-hybridized carbons (Fsp3) is 0.500. The molecule has 0 aromatic heterocycles. The minimum absolute atomic E-state index is 0.413. The van der Waals surface area contributed by atoms with Crippen LogP contribution >= 0.6 is 0 Å². The van der Waals surface area contributed by atoms with E-state index in [4.69, 9.17) is 5.26 Å². The van der Waals surface area contributed by atoms with Crippen molar-refractivity contribution < 1.29 is 0 Å². The maximum absolute atomic E-state index is 7.86. The molecule has 0 atom stereocenters. The maximum atomic E-state index is 7.86. The minimum atomic E-state index is 0.413. The highest BCUT2D eigenvalue weighted by Gasteiger charge is 1.70. The van der Waals surface area contributed by atoms with Crippen molar-refractivity contribution in [2.75, 3.05) is 6.54 Å². The molecule has 0 saturated heterocycles. The van der Waals surface area contributed by atoms with E-state index in [-0.39, 0.29) is 0 Å². The van der Waals surface area contributed by atoms with Gasteiger partial charge in [-0.3, -0.25) is 0 Å². The van der Waals surface area contributed by atoms with E-state index in [1.165, 1.54) is 0 Å². The molecule has 0 rings (SSSR count). The molecule has 0 spiro atoms. The van der Waals surface area contributed by atoms with Crippen molar-refractivity contribution in [3.63, 3.8) is 0 Å². The zero-order valence-corrected chi connectivity index (χ0v) is 3.73. The molecule has 0 aliphatic carbocycles. The summed E-state index contributed by atoms with van der Waals surface area (Å²) >= 11 is 0. The van der Waals surface area contributed by atoms with Gasteiger partial charge in [-0.25, -0.2) is 0 Å². The van der Waals surface area contributed by atoms with Crippen LogP contribution in [-0.4, -0.2) is 6.54 Å². The van der Waals surface area contributed by atoms with E-state index in [1.807, 2.05) is 13.0 Å². The topological polar surface area (TPSA) is 35.8 Å². The Morgan fingerprint density at radius 3 is 2.83 bits per heavy atom. The average Bonchev–Trinajstić information content (AvgIpc) is 1.61. The first-order valence-electron chi connectivity index (χ1n) is 1.80. The Kier molecular flexibility index (Phi) is 4.04. The van der Waals surface area contributed by atoms with E-state index in [0.717, 1.165) is 0 Å².